The van der Waals surface area contributed by atoms with Gasteiger partial charge in [-0.3, -0.25) is 9.10 Å². The Kier molecular flexibility index (Phi) is 5.00. The summed E-state index contributed by atoms with van der Waals surface area (Å²) in [6.07, 6.45) is -4.77. The first kappa shape index (κ1) is 20.0. The highest BCUT2D eigenvalue weighted by Gasteiger charge is 2.35. The normalized spacial score (nSPS) is 16.9. The number of ether oxygens (including phenoxy) is 1. The van der Waals surface area contributed by atoms with Crippen LogP contribution in [0.25, 0.3) is 0 Å². The minimum absolute atomic E-state index is 0.0657. The number of sulfonamides is 1. The molecular weight excluding hydrogens is 397 g/mol. The Morgan fingerprint density at radius 1 is 1.21 bits per heavy atom. The van der Waals surface area contributed by atoms with Crippen LogP contribution in [0.5, 0.6) is 5.75 Å². The van der Waals surface area contributed by atoms with Crippen LogP contribution in [0, 0.1) is 6.92 Å². The van der Waals surface area contributed by atoms with Crippen molar-refractivity contribution < 1.29 is 31.1 Å². The monoisotopic (exact) mass is 414 g/mol. The number of hydrogen-bond acceptors (Lipinski definition) is 4. The van der Waals surface area contributed by atoms with Crippen LogP contribution in [0.3, 0.4) is 0 Å². The van der Waals surface area contributed by atoms with Gasteiger partial charge in [0.2, 0.25) is 10.0 Å². The molecule has 1 atom stereocenters. The molecule has 0 saturated carbocycles. The van der Waals surface area contributed by atoms with Crippen LogP contribution in [0.2, 0.25) is 0 Å². The molecule has 3 rings (SSSR count). The molecular formula is C18H17F3N2O4S. The van der Waals surface area contributed by atoms with E-state index in [1.165, 1.54) is 12.1 Å². The zero-order valence-electron chi connectivity index (χ0n) is 14.9. The van der Waals surface area contributed by atoms with E-state index < -0.39 is 33.8 Å². The number of alkyl halides is 3. The Balaban J connectivity index is 1.86. The summed E-state index contributed by atoms with van der Waals surface area (Å²) in [6.45, 7) is 1.49. The lowest BCUT2D eigenvalue weighted by Gasteiger charge is -2.34. The third kappa shape index (κ3) is 4.22. The molecule has 1 amide bonds. The van der Waals surface area contributed by atoms with Gasteiger partial charge >= 0.3 is 6.18 Å². The van der Waals surface area contributed by atoms with Gasteiger partial charge in [0.15, 0.2) is 6.10 Å². The highest BCUT2D eigenvalue weighted by Crippen LogP contribution is 2.36. The van der Waals surface area contributed by atoms with Gasteiger partial charge in [-0.2, -0.15) is 13.2 Å². The number of fused-ring (bicyclic) bond motifs is 1. The molecule has 0 aliphatic carbocycles. The zero-order valence-corrected chi connectivity index (χ0v) is 15.8. The molecule has 1 heterocycles. The summed E-state index contributed by atoms with van der Waals surface area (Å²) in [7, 11) is -3.70. The number of benzene rings is 2. The number of nitrogens with one attached hydrogen (secondary N) is 1. The molecule has 0 bridgehead atoms. The van der Waals surface area contributed by atoms with E-state index in [1.54, 1.807) is 25.1 Å². The van der Waals surface area contributed by atoms with Crippen molar-refractivity contribution in [2.24, 2.45) is 0 Å². The molecule has 0 unspecified atom stereocenters. The lowest BCUT2D eigenvalue weighted by molar-refractivity contribution is -0.137. The number of aryl methyl sites for hydroxylation is 1. The molecule has 1 N–H and O–H groups in total. The van der Waals surface area contributed by atoms with Gasteiger partial charge in [0, 0.05) is 5.69 Å². The molecule has 0 fully saturated rings. The SMILES string of the molecule is Cc1ccc2c(c1)N(S(C)(=O)=O)C[C@H](C(=O)Nc1cccc(C(F)(F)F)c1)O2. The number of anilines is 2. The highest BCUT2D eigenvalue weighted by molar-refractivity contribution is 7.92. The molecule has 0 spiro atoms. The molecule has 0 aromatic heterocycles. The van der Waals surface area contributed by atoms with Gasteiger partial charge in [-0.25, -0.2) is 8.42 Å². The zero-order chi connectivity index (χ0) is 20.7. The topological polar surface area (TPSA) is 75.7 Å². The number of nitrogens with zero attached hydrogens (tertiary/aromatic N) is 1. The van der Waals surface area contributed by atoms with Crippen LogP contribution >= 0.6 is 0 Å². The molecule has 6 nitrogen and oxygen atoms in total. The van der Waals surface area contributed by atoms with Crippen molar-refractivity contribution in [1.29, 1.82) is 0 Å². The highest BCUT2D eigenvalue weighted by atomic mass is 32.2. The molecule has 28 heavy (non-hydrogen) atoms. The summed E-state index contributed by atoms with van der Waals surface area (Å²) in [4.78, 5) is 12.5. The molecule has 1 aliphatic heterocycles. The summed E-state index contributed by atoms with van der Waals surface area (Å²) in [5, 5.41) is 2.35. The van der Waals surface area contributed by atoms with Crippen LogP contribution in [-0.2, 0) is 21.0 Å². The third-order valence-corrected chi connectivity index (χ3v) is 5.28. The Morgan fingerprint density at radius 2 is 1.93 bits per heavy atom. The van der Waals surface area contributed by atoms with Crippen molar-refractivity contribution in [3.8, 4) is 5.75 Å². The average molecular weight is 414 g/mol. The average Bonchev–Trinajstić information content (AvgIpc) is 2.59. The lowest BCUT2D eigenvalue weighted by atomic mass is 10.1. The largest absolute Gasteiger partial charge is 0.476 e. The lowest BCUT2D eigenvalue weighted by Crippen LogP contribution is -2.48. The van der Waals surface area contributed by atoms with E-state index in [0.717, 1.165) is 28.3 Å². The molecule has 2 aromatic carbocycles. The molecule has 1 aliphatic rings. The number of amides is 1. The van der Waals surface area contributed by atoms with Gasteiger partial charge in [-0.1, -0.05) is 12.1 Å². The number of carbonyl (C=O) groups excluding carboxylic acids is 1. The van der Waals surface area contributed by atoms with Crippen LogP contribution < -0.4 is 14.4 Å². The second-order valence-electron chi connectivity index (χ2n) is 6.44. The summed E-state index contributed by atoms with van der Waals surface area (Å²) in [6, 6.07) is 9.03. The fraction of sp³-hybridized carbons (Fsp3) is 0.278. The molecule has 0 radical (unpaired) electrons. The molecule has 10 heteroatoms. The van der Waals surface area contributed by atoms with E-state index in [4.69, 9.17) is 4.74 Å². The fourth-order valence-electron chi connectivity index (χ4n) is 2.81. The maximum atomic E-state index is 12.8. The quantitative estimate of drug-likeness (QED) is 0.837. The van der Waals surface area contributed by atoms with E-state index in [0.29, 0.717) is 5.69 Å². The summed E-state index contributed by atoms with van der Waals surface area (Å²) < 4.78 is 69.5. The molecule has 0 saturated heterocycles. The standard InChI is InChI=1S/C18H17F3N2O4S/c1-11-6-7-15-14(8-11)23(28(2,25)26)10-16(27-15)17(24)22-13-5-3-4-12(9-13)18(19,20)21/h3-9,16H,10H2,1-2H3,(H,22,24)/t16-/m1/s1. The van der Waals surface area contributed by atoms with Crippen LogP contribution in [0.15, 0.2) is 42.5 Å². The van der Waals surface area contributed by atoms with Crippen molar-refractivity contribution in [3.05, 3.63) is 53.6 Å². The van der Waals surface area contributed by atoms with Gasteiger partial charge < -0.3 is 10.1 Å². The van der Waals surface area contributed by atoms with E-state index >= 15 is 0 Å². The summed E-state index contributed by atoms with van der Waals surface area (Å²) in [5.74, 6) is -0.550. The maximum Gasteiger partial charge on any atom is 0.416 e. The van der Waals surface area contributed by atoms with Crippen molar-refractivity contribution in [3.63, 3.8) is 0 Å². The van der Waals surface area contributed by atoms with E-state index in [9.17, 15) is 26.4 Å². The summed E-state index contributed by atoms with van der Waals surface area (Å²) >= 11 is 0. The second kappa shape index (κ2) is 7.01. The fourth-order valence-corrected chi connectivity index (χ4v) is 3.71. The number of rotatable bonds is 3. The number of halogens is 3. The van der Waals surface area contributed by atoms with Crippen LogP contribution in [-0.4, -0.2) is 33.2 Å². The predicted molar refractivity (Wildman–Crippen MR) is 97.9 cm³/mol. The third-order valence-electron chi connectivity index (χ3n) is 4.13. The van der Waals surface area contributed by atoms with E-state index in [2.05, 4.69) is 5.32 Å². The minimum Gasteiger partial charge on any atom is -0.476 e. The van der Waals surface area contributed by atoms with Crippen molar-refractivity contribution in [1.82, 2.24) is 0 Å². The Morgan fingerprint density at radius 3 is 2.57 bits per heavy atom. The van der Waals surface area contributed by atoms with Crippen LogP contribution in [0.4, 0.5) is 24.5 Å². The van der Waals surface area contributed by atoms with Gasteiger partial charge in [0.25, 0.3) is 5.91 Å². The van der Waals surface area contributed by atoms with E-state index in [1.807, 2.05) is 0 Å². The van der Waals surface area contributed by atoms with Crippen molar-refractivity contribution >= 4 is 27.3 Å². The maximum absolute atomic E-state index is 12.8. The van der Waals surface area contributed by atoms with Gasteiger partial charge in [0.1, 0.15) is 5.75 Å². The first-order valence-corrected chi connectivity index (χ1v) is 10.0. The predicted octanol–water partition coefficient (Wildman–Crippen LogP) is 3.18. The number of hydrogen-bond donors (Lipinski definition) is 1. The van der Waals surface area contributed by atoms with Crippen molar-refractivity contribution in [2.45, 2.75) is 19.2 Å². The number of carbonyl (C=O) groups is 1. The molecule has 2 aromatic rings. The van der Waals surface area contributed by atoms with Gasteiger partial charge in [-0.05, 0) is 42.8 Å². The van der Waals surface area contributed by atoms with Gasteiger partial charge in [0.05, 0.1) is 24.1 Å². The smallest absolute Gasteiger partial charge is 0.416 e. The Labute approximate surface area is 160 Å². The first-order valence-electron chi connectivity index (χ1n) is 8.18. The minimum atomic E-state index is -4.55. The Bertz CT molecular complexity index is 1020. The first-order chi connectivity index (χ1) is 12.9. The molecule has 150 valence electrons. The Hall–Kier alpha value is -2.75. The second-order valence-corrected chi connectivity index (χ2v) is 8.35. The van der Waals surface area contributed by atoms with Gasteiger partial charge in [-0.15, -0.1) is 0 Å². The van der Waals surface area contributed by atoms with Crippen molar-refractivity contribution in [2.75, 3.05) is 22.4 Å². The van der Waals surface area contributed by atoms with E-state index in [-0.39, 0.29) is 18.0 Å². The van der Waals surface area contributed by atoms with Crippen LogP contribution in [0.1, 0.15) is 11.1 Å². The summed E-state index contributed by atoms with van der Waals surface area (Å²) in [5.41, 5.74) is 0.144.